The number of nitrogens with zero attached hydrogens (tertiary/aromatic N) is 1. The van der Waals surface area contributed by atoms with Gasteiger partial charge in [-0.05, 0) is 56.2 Å². The zero-order chi connectivity index (χ0) is 35.4. The Morgan fingerprint density at radius 3 is 1.90 bits per heavy atom. The van der Waals surface area contributed by atoms with E-state index in [1.165, 1.54) is 51.4 Å². The predicted octanol–water partition coefficient (Wildman–Crippen LogP) is 10.8. The van der Waals surface area contributed by atoms with E-state index >= 15 is 0 Å². The lowest BCUT2D eigenvalue weighted by atomic mass is 9.78. The zero-order valence-corrected chi connectivity index (χ0v) is 30.9. The van der Waals surface area contributed by atoms with Crippen molar-refractivity contribution in [2.24, 2.45) is 10.8 Å². The average molecular weight is 657 g/mol. The number of carbonyl (C=O) groups excluding carboxylic acids is 1. The molecule has 260 valence electrons. The van der Waals surface area contributed by atoms with Gasteiger partial charge in [-0.25, -0.2) is 4.79 Å². The van der Waals surface area contributed by atoms with Crippen LogP contribution in [-0.4, -0.2) is 38.8 Å². The summed E-state index contributed by atoms with van der Waals surface area (Å²) < 4.78 is 8.50. The Labute approximate surface area is 288 Å². The number of hydrogen-bond acceptors (Lipinski definition) is 4. The number of ketones is 1. The van der Waals surface area contributed by atoms with E-state index in [0.717, 1.165) is 53.4 Å². The molecule has 0 bridgehead atoms. The summed E-state index contributed by atoms with van der Waals surface area (Å²) in [7, 11) is 0. The van der Waals surface area contributed by atoms with Crippen molar-refractivity contribution in [3.8, 4) is 0 Å². The van der Waals surface area contributed by atoms with Crippen molar-refractivity contribution in [3.05, 3.63) is 87.6 Å². The zero-order valence-electron chi connectivity index (χ0n) is 30.9. The fourth-order valence-corrected chi connectivity index (χ4v) is 6.63. The number of unbranched alkanes of at least 4 members (excludes halogenated alkanes) is 9. The number of rotatable bonds is 14. The fraction of sp³-hybridized carbons (Fsp3) is 0.548. The molecular weight excluding hydrogens is 598 g/mol. The Morgan fingerprint density at radius 1 is 0.854 bits per heavy atom. The van der Waals surface area contributed by atoms with Crippen molar-refractivity contribution in [1.82, 2.24) is 0 Å². The SMILES string of the molecule is CCCCCCCCCCCC[N+]1=C(C=C2C(=O)C(C=C3C=C(C(C)(C)C)OC(C(C)(C)C)=C3)=C2O)C(C)(C)c2cc(C(=O)O)ccc21. The molecule has 2 aliphatic heterocycles. The van der Waals surface area contributed by atoms with Crippen LogP contribution in [0, 0.1) is 10.8 Å². The van der Waals surface area contributed by atoms with Crippen LogP contribution in [0.25, 0.3) is 0 Å². The summed E-state index contributed by atoms with van der Waals surface area (Å²) in [5, 5.41) is 21.0. The summed E-state index contributed by atoms with van der Waals surface area (Å²) in [4.78, 5) is 25.5. The molecule has 0 fully saturated rings. The number of carbonyl (C=O) groups is 2. The van der Waals surface area contributed by atoms with E-state index in [2.05, 4.69) is 66.9 Å². The normalized spacial score (nSPS) is 18.5. The minimum Gasteiger partial charge on any atom is -0.506 e. The second-order valence-corrected chi connectivity index (χ2v) is 16.3. The van der Waals surface area contributed by atoms with Crippen molar-refractivity contribution in [3.63, 3.8) is 0 Å². The number of hydrogen-bond donors (Lipinski definition) is 2. The summed E-state index contributed by atoms with van der Waals surface area (Å²) in [6.07, 6.45) is 19.9. The first-order valence-electron chi connectivity index (χ1n) is 18.0. The lowest BCUT2D eigenvalue weighted by molar-refractivity contribution is -0.438. The first-order valence-corrected chi connectivity index (χ1v) is 18.0. The lowest BCUT2D eigenvalue weighted by Crippen LogP contribution is -2.31. The monoisotopic (exact) mass is 656 g/mol. The molecule has 4 rings (SSSR count). The van der Waals surface area contributed by atoms with Gasteiger partial charge in [0.05, 0.1) is 22.1 Å². The van der Waals surface area contributed by atoms with E-state index in [-0.39, 0.29) is 39.1 Å². The molecule has 0 radical (unpaired) electrons. The van der Waals surface area contributed by atoms with Crippen LogP contribution >= 0.6 is 0 Å². The number of carboxylic acid groups (broad SMARTS) is 1. The predicted molar refractivity (Wildman–Crippen MR) is 195 cm³/mol. The molecule has 1 aromatic carbocycles. The summed E-state index contributed by atoms with van der Waals surface area (Å²) in [6, 6.07) is 5.30. The van der Waals surface area contributed by atoms with E-state index in [9.17, 15) is 19.8 Å². The number of carboxylic acids is 1. The van der Waals surface area contributed by atoms with Crippen LogP contribution < -0.4 is 0 Å². The molecule has 1 aromatic rings. The Kier molecular flexibility index (Phi) is 11.5. The van der Waals surface area contributed by atoms with E-state index in [4.69, 9.17) is 4.74 Å². The first kappa shape index (κ1) is 37.2. The number of aliphatic hydroxyl groups excluding tert-OH is 1. The minimum atomic E-state index is -0.963. The summed E-state index contributed by atoms with van der Waals surface area (Å²) in [5.41, 5.74) is 3.40. The van der Waals surface area contributed by atoms with Gasteiger partial charge in [0, 0.05) is 35.0 Å². The molecule has 0 saturated heterocycles. The smallest absolute Gasteiger partial charge is 0.335 e. The third-order valence-corrected chi connectivity index (χ3v) is 9.76. The molecule has 6 heteroatoms. The number of fused-ring (bicyclic) bond motifs is 1. The van der Waals surface area contributed by atoms with Gasteiger partial charge in [0.2, 0.25) is 11.5 Å². The van der Waals surface area contributed by atoms with Gasteiger partial charge >= 0.3 is 5.97 Å². The van der Waals surface area contributed by atoms with Crippen molar-refractivity contribution < 1.29 is 29.1 Å². The van der Waals surface area contributed by atoms with Crippen LogP contribution in [0.4, 0.5) is 5.69 Å². The van der Waals surface area contributed by atoms with Gasteiger partial charge in [-0.3, -0.25) is 4.79 Å². The first-order chi connectivity index (χ1) is 22.5. The minimum absolute atomic E-state index is 0.0141. The highest BCUT2D eigenvalue weighted by Gasteiger charge is 2.46. The van der Waals surface area contributed by atoms with E-state index in [1.54, 1.807) is 18.2 Å². The molecule has 0 aromatic heterocycles. The largest absolute Gasteiger partial charge is 0.506 e. The fourth-order valence-electron chi connectivity index (χ4n) is 6.63. The third-order valence-electron chi connectivity index (χ3n) is 9.76. The Balaban J connectivity index is 1.63. The Morgan fingerprint density at radius 2 is 1.40 bits per heavy atom. The molecule has 48 heavy (non-hydrogen) atoms. The molecule has 2 heterocycles. The van der Waals surface area contributed by atoms with E-state index in [0.29, 0.717) is 0 Å². The molecular formula is C42H58NO5+. The topological polar surface area (TPSA) is 86.8 Å². The molecule has 2 N–H and O–H groups in total. The highest BCUT2D eigenvalue weighted by Crippen LogP contribution is 2.43. The molecule has 0 atom stereocenters. The van der Waals surface area contributed by atoms with E-state index < -0.39 is 11.4 Å². The molecule has 6 nitrogen and oxygen atoms in total. The summed E-state index contributed by atoms with van der Waals surface area (Å²) in [6.45, 7) is 19.7. The molecule has 0 spiro atoms. The van der Waals surface area contributed by atoms with Gasteiger partial charge in [-0.2, -0.15) is 4.58 Å². The van der Waals surface area contributed by atoms with Crippen LogP contribution in [0.3, 0.4) is 0 Å². The number of allylic oxidation sites excluding steroid dienone is 9. The molecule has 3 aliphatic rings. The molecule has 0 amide bonds. The van der Waals surface area contributed by atoms with Gasteiger partial charge in [0.25, 0.3) is 0 Å². The van der Waals surface area contributed by atoms with Crippen molar-refractivity contribution in [2.75, 3.05) is 6.54 Å². The third kappa shape index (κ3) is 8.30. The van der Waals surface area contributed by atoms with Crippen LogP contribution in [0.5, 0.6) is 0 Å². The average Bonchev–Trinajstić information content (AvgIpc) is 3.22. The van der Waals surface area contributed by atoms with Crippen LogP contribution in [-0.2, 0) is 14.9 Å². The number of aliphatic hydroxyl groups is 1. The number of ether oxygens (including phenoxy) is 1. The Bertz CT molecular complexity index is 1580. The van der Waals surface area contributed by atoms with Crippen LogP contribution in [0.1, 0.15) is 142 Å². The Hall–Kier alpha value is -3.67. The quantitative estimate of drug-likeness (QED) is 0.118. The van der Waals surface area contributed by atoms with Crippen molar-refractivity contribution in [2.45, 2.75) is 132 Å². The summed E-state index contributed by atoms with van der Waals surface area (Å²) >= 11 is 0. The van der Waals surface area contributed by atoms with Crippen molar-refractivity contribution >= 4 is 23.2 Å². The van der Waals surface area contributed by atoms with Gasteiger partial charge in [0.1, 0.15) is 23.8 Å². The second-order valence-electron chi connectivity index (χ2n) is 16.3. The molecule has 0 unspecified atom stereocenters. The highest BCUT2D eigenvalue weighted by atomic mass is 16.5. The maximum atomic E-state index is 13.7. The second kappa shape index (κ2) is 14.8. The number of aromatic carboxylic acids is 1. The maximum absolute atomic E-state index is 13.7. The van der Waals surface area contributed by atoms with Crippen molar-refractivity contribution in [1.29, 1.82) is 0 Å². The van der Waals surface area contributed by atoms with Gasteiger partial charge < -0.3 is 14.9 Å². The standard InChI is InChI=1S/C42H57NO5/c1-10-11-12-13-14-15-16-17-18-19-22-43-33-21-20-29(39(46)47)26-32(33)42(8,9)34(43)27-31-37(44)30(38(31)45)23-28-24-35(40(2,3)4)48-36(25-28)41(5,6)7/h20-21,23-27H,10-19,22H2,1-9H3,(H-,44,45,46,47)/p+1. The highest BCUT2D eigenvalue weighted by molar-refractivity contribution is 6.24. The maximum Gasteiger partial charge on any atom is 0.335 e. The number of benzene rings is 1. The lowest BCUT2D eigenvalue weighted by Gasteiger charge is -2.33. The van der Waals surface area contributed by atoms with Gasteiger partial charge in [0.15, 0.2) is 5.71 Å². The molecule has 0 saturated carbocycles. The van der Waals surface area contributed by atoms with Gasteiger partial charge in [-0.15, -0.1) is 0 Å². The van der Waals surface area contributed by atoms with Crippen LogP contribution in [0.2, 0.25) is 0 Å². The van der Waals surface area contributed by atoms with Crippen LogP contribution in [0.15, 0.2) is 76.5 Å². The van der Waals surface area contributed by atoms with E-state index in [1.807, 2.05) is 24.3 Å². The number of Topliss-reactive ketones (excluding diaryl/α,β-unsaturated/α-hetero) is 1. The molecule has 1 aliphatic carbocycles. The summed E-state index contributed by atoms with van der Waals surface area (Å²) in [5.74, 6) is 0.447. The van der Waals surface area contributed by atoms with Gasteiger partial charge in [-0.1, -0.05) is 99.8 Å².